The predicted octanol–water partition coefficient (Wildman–Crippen LogP) is 2.40. The molecule has 72 valence electrons. The Bertz CT molecular complexity index is 262. The second-order valence-electron chi connectivity index (χ2n) is 3.06. The van der Waals surface area contributed by atoms with Crippen LogP contribution in [0.25, 0.3) is 0 Å². The van der Waals surface area contributed by atoms with E-state index in [1.54, 1.807) is 0 Å². The van der Waals surface area contributed by atoms with Crippen molar-refractivity contribution in [1.82, 2.24) is 4.90 Å². The van der Waals surface area contributed by atoms with E-state index in [4.69, 9.17) is 12.2 Å². The highest BCUT2D eigenvalue weighted by Crippen LogP contribution is 2.17. The van der Waals surface area contributed by atoms with Gasteiger partial charge in [0.2, 0.25) is 0 Å². The summed E-state index contributed by atoms with van der Waals surface area (Å²) in [6, 6.07) is 0. The third-order valence-corrected chi connectivity index (χ3v) is 2.78. The first kappa shape index (κ1) is 10.4. The smallest absolute Gasteiger partial charge is 0.132 e. The first-order valence-electron chi connectivity index (χ1n) is 4.72. The van der Waals surface area contributed by atoms with Gasteiger partial charge in [0.25, 0.3) is 0 Å². The lowest BCUT2D eigenvalue weighted by Gasteiger charge is -2.25. The number of thiocarbonyl (C=S) groups is 1. The van der Waals surface area contributed by atoms with Gasteiger partial charge < -0.3 is 4.90 Å². The summed E-state index contributed by atoms with van der Waals surface area (Å²) in [7, 11) is 0. The van der Waals surface area contributed by atoms with Gasteiger partial charge in [-0.25, -0.2) is 4.99 Å². The molecule has 13 heavy (non-hydrogen) atoms. The Morgan fingerprint density at radius 3 is 2.62 bits per heavy atom. The summed E-state index contributed by atoms with van der Waals surface area (Å²) in [4.78, 5) is 7.65. The molecule has 0 aromatic heterocycles. The zero-order chi connectivity index (χ0) is 9.84. The predicted molar refractivity (Wildman–Crippen MR) is 61.3 cm³/mol. The van der Waals surface area contributed by atoms with Crippen molar-refractivity contribution in [2.75, 3.05) is 13.1 Å². The lowest BCUT2D eigenvalue weighted by Crippen LogP contribution is -2.25. The maximum absolute atomic E-state index is 5.24. The van der Waals surface area contributed by atoms with Crippen LogP contribution in [0.2, 0.25) is 0 Å². The van der Waals surface area contributed by atoms with Crippen molar-refractivity contribution in [3.8, 4) is 0 Å². The molecule has 0 aromatic carbocycles. The van der Waals surface area contributed by atoms with Crippen LogP contribution in [0.3, 0.4) is 0 Å². The van der Waals surface area contributed by atoms with Gasteiger partial charge in [-0.15, -0.1) is 0 Å². The Morgan fingerprint density at radius 2 is 2.08 bits per heavy atom. The highest BCUT2D eigenvalue weighted by Gasteiger charge is 2.14. The molecule has 0 bridgehead atoms. The van der Waals surface area contributed by atoms with Gasteiger partial charge in [0.05, 0.1) is 0 Å². The molecule has 0 saturated heterocycles. The summed E-state index contributed by atoms with van der Waals surface area (Å²) in [5.74, 6) is 1.06. The van der Waals surface area contributed by atoms with E-state index in [-0.39, 0.29) is 0 Å². The van der Waals surface area contributed by atoms with Crippen LogP contribution in [0.4, 0.5) is 0 Å². The van der Waals surface area contributed by atoms with Crippen LogP contribution >= 0.6 is 12.2 Å². The minimum atomic E-state index is 0.825. The van der Waals surface area contributed by atoms with Crippen molar-refractivity contribution >= 4 is 23.3 Å². The molecule has 2 nitrogen and oxygen atoms in total. The standard InChI is InChI=1S/C10H16N2S/c1-4-12(5-2)10-8(3)9(13)6-7-11-10/h7H,4-6H2,1-3H3. The van der Waals surface area contributed by atoms with E-state index in [1.165, 1.54) is 5.57 Å². The summed E-state index contributed by atoms with van der Waals surface area (Å²) in [5, 5.41) is 0. The highest BCUT2D eigenvalue weighted by molar-refractivity contribution is 7.80. The molecule has 0 unspecified atom stereocenters. The van der Waals surface area contributed by atoms with E-state index in [1.807, 2.05) is 6.21 Å². The molecule has 0 aliphatic carbocycles. The number of allylic oxidation sites excluding steroid dienone is 1. The largest absolute Gasteiger partial charge is 0.357 e. The minimum Gasteiger partial charge on any atom is -0.357 e. The van der Waals surface area contributed by atoms with Gasteiger partial charge in [-0.05, 0) is 20.8 Å². The zero-order valence-electron chi connectivity index (χ0n) is 8.50. The molecule has 0 fully saturated rings. The topological polar surface area (TPSA) is 15.6 Å². The number of nitrogens with zero attached hydrogens (tertiary/aromatic N) is 2. The summed E-state index contributed by atoms with van der Waals surface area (Å²) in [6.07, 6.45) is 2.73. The van der Waals surface area contributed by atoms with E-state index in [2.05, 4.69) is 30.7 Å². The van der Waals surface area contributed by atoms with Crippen molar-refractivity contribution in [3.63, 3.8) is 0 Å². The van der Waals surface area contributed by atoms with Crippen LogP contribution < -0.4 is 0 Å². The molecule has 0 saturated carbocycles. The minimum absolute atomic E-state index is 0.825. The second-order valence-corrected chi connectivity index (χ2v) is 3.55. The van der Waals surface area contributed by atoms with Crippen molar-refractivity contribution in [2.45, 2.75) is 27.2 Å². The van der Waals surface area contributed by atoms with E-state index >= 15 is 0 Å². The van der Waals surface area contributed by atoms with Gasteiger partial charge >= 0.3 is 0 Å². The quantitative estimate of drug-likeness (QED) is 0.644. The number of hydrogen-bond acceptors (Lipinski definition) is 3. The molecule has 1 heterocycles. The van der Waals surface area contributed by atoms with Crippen LogP contribution in [-0.2, 0) is 0 Å². The fourth-order valence-corrected chi connectivity index (χ4v) is 1.60. The van der Waals surface area contributed by atoms with Gasteiger partial charge in [-0.2, -0.15) is 0 Å². The van der Waals surface area contributed by atoms with Gasteiger partial charge in [-0.1, -0.05) is 12.2 Å². The number of rotatable bonds is 3. The molecule has 0 spiro atoms. The van der Waals surface area contributed by atoms with Crippen LogP contribution in [0.5, 0.6) is 0 Å². The molecular weight excluding hydrogens is 180 g/mol. The van der Waals surface area contributed by atoms with Gasteiger partial charge in [-0.3, -0.25) is 0 Å². The lowest BCUT2D eigenvalue weighted by atomic mass is 10.1. The molecule has 1 aliphatic heterocycles. The Labute approximate surface area is 85.3 Å². The third-order valence-electron chi connectivity index (χ3n) is 2.31. The summed E-state index contributed by atoms with van der Waals surface area (Å²) in [6.45, 7) is 8.31. The van der Waals surface area contributed by atoms with E-state index in [9.17, 15) is 0 Å². The summed E-state index contributed by atoms with van der Waals surface area (Å²) < 4.78 is 0. The third kappa shape index (κ3) is 2.15. The maximum Gasteiger partial charge on any atom is 0.132 e. The monoisotopic (exact) mass is 196 g/mol. The molecule has 0 atom stereocenters. The highest BCUT2D eigenvalue weighted by atomic mass is 32.1. The fourth-order valence-electron chi connectivity index (χ4n) is 1.43. The zero-order valence-corrected chi connectivity index (χ0v) is 9.32. The first-order chi connectivity index (χ1) is 6.20. The first-order valence-corrected chi connectivity index (χ1v) is 5.13. The van der Waals surface area contributed by atoms with E-state index < -0.39 is 0 Å². The van der Waals surface area contributed by atoms with Crippen molar-refractivity contribution in [2.24, 2.45) is 4.99 Å². The Balaban J connectivity index is 2.93. The van der Waals surface area contributed by atoms with Crippen LogP contribution in [0, 0.1) is 0 Å². The van der Waals surface area contributed by atoms with Crippen molar-refractivity contribution in [3.05, 3.63) is 11.4 Å². The van der Waals surface area contributed by atoms with Crippen LogP contribution in [0.15, 0.2) is 16.4 Å². The molecular formula is C10H16N2S. The van der Waals surface area contributed by atoms with Gasteiger partial charge in [0.15, 0.2) is 0 Å². The molecule has 0 N–H and O–H groups in total. The average Bonchev–Trinajstić information content (AvgIpc) is 2.14. The van der Waals surface area contributed by atoms with Gasteiger partial charge in [0, 0.05) is 36.2 Å². The van der Waals surface area contributed by atoms with E-state index in [0.29, 0.717) is 0 Å². The normalized spacial score (nSPS) is 16.7. The van der Waals surface area contributed by atoms with Crippen LogP contribution in [0.1, 0.15) is 27.2 Å². The number of hydrogen-bond donors (Lipinski definition) is 0. The SMILES string of the molecule is CCN(CC)C1=C(C)C(=S)CC=N1. The van der Waals surface area contributed by atoms with Crippen molar-refractivity contribution < 1.29 is 0 Å². The molecule has 1 rings (SSSR count). The van der Waals surface area contributed by atoms with E-state index in [0.717, 1.165) is 30.2 Å². The molecule has 0 amide bonds. The van der Waals surface area contributed by atoms with Crippen molar-refractivity contribution in [1.29, 1.82) is 0 Å². The maximum atomic E-state index is 5.24. The summed E-state index contributed by atoms with van der Waals surface area (Å²) in [5.41, 5.74) is 1.17. The summed E-state index contributed by atoms with van der Waals surface area (Å²) >= 11 is 5.24. The molecule has 1 aliphatic rings. The molecule has 0 radical (unpaired) electrons. The Hall–Kier alpha value is -0.700. The Kier molecular flexibility index (Phi) is 3.60. The number of aliphatic imine (C=N–C) groups is 1. The van der Waals surface area contributed by atoms with Gasteiger partial charge in [0.1, 0.15) is 5.82 Å². The van der Waals surface area contributed by atoms with Crippen LogP contribution in [-0.4, -0.2) is 29.1 Å². The fraction of sp³-hybridized carbons (Fsp3) is 0.600. The lowest BCUT2D eigenvalue weighted by molar-refractivity contribution is 0.376. The average molecular weight is 196 g/mol. The second kappa shape index (κ2) is 4.51. The Morgan fingerprint density at radius 1 is 1.46 bits per heavy atom. The molecule has 0 aromatic rings. The molecule has 3 heteroatoms.